The molecule has 1 heterocycles. The van der Waals surface area contributed by atoms with E-state index >= 15 is 0 Å². The Kier molecular flexibility index (Phi) is 8.90. The highest BCUT2D eigenvalue weighted by Gasteiger charge is 2.30. The number of nitrogens with zero attached hydrogens (tertiary/aromatic N) is 1. The summed E-state index contributed by atoms with van der Waals surface area (Å²) >= 11 is 0. The molecule has 0 saturated carbocycles. The van der Waals surface area contributed by atoms with Gasteiger partial charge in [0, 0.05) is 12.0 Å². The zero-order chi connectivity index (χ0) is 25.4. The van der Waals surface area contributed by atoms with E-state index in [-0.39, 0.29) is 12.1 Å². The first kappa shape index (κ1) is 26.3. The molecule has 0 aliphatic rings. The Hall–Kier alpha value is -3.35. The van der Waals surface area contributed by atoms with Crippen LogP contribution >= 0.6 is 0 Å². The molecule has 0 aliphatic carbocycles. The largest absolute Gasteiger partial charge is 0.484 e. The minimum atomic E-state index is -4.38. The van der Waals surface area contributed by atoms with E-state index in [1.165, 1.54) is 12.1 Å². The molecule has 2 aromatic carbocycles. The standard InChI is InChI=1S/C28H30F3NO3/c1-4-6-11-26(34-22-16-17-25(19(3)18-22)35-27(33)8-5-2)24-10-7-9-23(32-24)20-12-14-21(15-13-20)28(29,30)31/h7,9-10,12-18,26H,4-6,8,11H2,1-3H3/t26-/m0/s1. The monoisotopic (exact) mass is 485 g/mol. The van der Waals surface area contributed by atoms with Gasteiger partial charge >= 0.3 is 12.1 Å². The molecule has 0 saturated heterocycles. The zero-order valence-corrected chi connectivity index (χ0v) is 20.2. The minimum Gasteiger partial charge on any atom is -0.484 e. The summed E-state index contributed by atoms with van der Waals surface area (Å²) in [6, 6.07) is 15.8. The molecule has 0 spiro atoms. The lowest BCUT2D eigenvalue weighted by Gasteiger charge is -2.20. The van der Waals surface area contributed by atoms with Gasteiger partial charge in [0.15, 0.2) is 0 Å². The number of hydrogen-bond donors (Lipinski definition) is 0. The summed E-state index contributed by atoms with van der Waals surface area (Å²) < 4.78 is 50.4. The number of hydrogen-bond acceptors (Lipinski definition) is 4. The molecule has 0 amide bonds. The van der Waals surface area contributed by atoms with E-state index in [0.717, 1.165) is 43.4 Å². The SMILES string of the molecule is CCCC[C@H](Oc1ccc(OC(=O)CCC)c(C)c1)c1cccc(-c2ccc(C(F)(F)F)cc2)n1. The van der Waals surface area contributed by atoms with Gasteiger partial charge in [-0.05, 0) is 74.2 Å². The molecule has 0 unspecified atom stereocenters. The van der Waals surface area contributed by atoms with Crippen LogP contribution < -0.4 is 9.47 Å². The lowest BCUT2D eigenvalue weighted by molar-refractivity contribution is -0.137. The number of carbonyl (C=O) groups excluding carboxylic acids is 1. The molecule has 1 atom stereocenters. The second-order valence-corrected chi connectivity index (χ2v) is 8.42. The van der Waals surface area contributed by atoms with Crippen LogP contribution in [0.4, 0.5) is 13.2 Å². The second-order valence-electron chi connectivity index (χ2n) is 8.42. The summed E-state index contributed by atoms with van der Waals surface area (Å²) in [5.41, 5.74) is 1.97. The van der Waals surface area contributed by atoms with Crippen molar-refractivity contribution in [1.82, 2.24) is 4.98 Å². The third-order valence-corrected chi connectivity index (χ3v) is 5.53. The first-order valence-electron chi connectivity index (χ1n) is 11.8. The number of alkyl halides is 3. The van der Waals surface area contributed by atoms with Crippen molar-refractivity contribution in [3.63, 3.8) is 0 Å². The van der Waals surface area contributed by atoms with Crippen LogP contribution in [-0.2, 0) is 11.0 Å². The Bertz CT molecular complexity index is 1130. The Morgan fingerprint density at radius 1 is 1.00 bits per heavy atom. The van der Waals surface area contributed by atoms with Crippen LogP contribution in [0.5, 0.6) is 11.5 Å². The maximum absolute atomic E-state index is 12.9. The molecule has 1 aromatic heterocycles. The minimum absolute atomic E-state index is 0.269. The lowest BCUT2D eigenvalue weighted by atomic mass is 10.1. The van der Waals surface area contributed by atoms with E-state index in [1.807, 2.05) is 32.0 Å². The van der Waals surface area contributed by atoms with Crippen molar-refractivity contribution in [2.75, 3.05) is 0 Å². The van der Waals surface area contributed by atoms with Crippen molar-refractivity contribution in [3.8, 4) is 22.8 Å². The highest BCUT2D eigenvalue weighted by Crippen LogP contribution is 2.32. The summed E-state index contributed by atoms with van der Waals surface area (Å²) in [7, 11) is 0. The molecular weight excluding hydrogens is 455 g/mol. The van der Waals surface area contributed by atoms with Crippen molar-refractivity contribution in [2.45, 2.75) is 65.2 Å². The molecule has 4 nitrogen and oxygen atoms in total. The van der Waals surface area contributed by atoms with E-state index in [0.29, 0.717) is 34.9 Å². The van der Waals surface area contributed by atoms with Crippen molar-refractivity contribution >= 4 is 5.97 Å². The number of aryl methyl sites for hydroxylation is 1. The topological polar surface area (TPSA) is 48.4 Å². The highest BCUT2D eigenvalue weighted by molar-refractivity contribution is 5.72. The van der Waals surface area contributed by atoms with Gasteiger partial charge in [-0.2, -0.15) is 13.2 Å². The molecular formula is C28H30F3NO3. The van der Waals surface area contributed by atoms with E-state index in [1.54, 1.807) is 18.2 Å². The summed E-state index contributed by atoms with van der Waals surface area (Å²) in [6.45, 7) is 5.86. The first-order valence-corrected chi connectivity index (χ1v) is 11.8. The van der Waals surface area contributed by atoms with Crippen LogP contribution in [0.1, 0.15) is 68.9 Å². The number of pyridine rings is 1. The lowest BCUT2D eigenvalue weighted by Crippen LogP contribution is -2.11. The fourth-order valence-corrected chi connectivity index (χ4v) is 3.63. The first-order chi connectivity index (χ1) is 16.7. The summed E-state index contributed by atoms with van der Waals surface area (Å²) in [4.78, 5) is 16.5. The molecule has 0 aliphatic heterocycles. The highest BCUT2D eigenvalue weighted by atomic mass is 19.4. The van der Waals surface area contributed by atoms with Crippen LogP contribution in [0.25, 0.3) is 11.3 Å². The molecule has 3 rings (SSSR count). The molecule has 186 valence electrons. The number of ether oxygens (including phenoxy) is 2. The van der Waals surface area contributed by atoms with Crippen molar-refractivity contribution in [1.29, 1.82) is 0 Å². The maximum Gasteiger partial charge on any atom is 0.416 e. The predicted molar refractivity (Wildman–Crippen MR) is 129 cm³/mol. The van der Waals surface area contributed by atoms with Crippen LogP contribution in [0.3, 0.4) is 0 Å². The smallest absolute Gasteiger partial charge is 0.416 e. The van der Waals surface area contributed by atoms with Gasteiger partial charge in [0.05, 0.1) is 17.0 Å². The van der Waals surface area contributed by atoms with Crippen LogP contribution in [-0.4, -0.2) is 11.0 Å². The number of carbonyl (C=O) groups is 1. The Morgan fingerprint density at radius 3 is 2.37 bits per heavy atom. The third kappa shape index (κ3) is 7.31. The molecule has 0 bridgehead atoms. The van der Waals surface area contributed by atoms with Gasteiger partial charge in [0.1, 0.15) is 17.6 Å². The fourth-order valence-electron chi connectivity index (χ4n) is 3.63. The van der Waals surface area contributed by atoms with Crippen LogP contribution in [0.15, 0.2) is 60.7 Å². The van der Waals surface area contributed by atoms with Gasteiger partial charge in [-0.3, -0.25) is 4.79 Å². The normalized spacial score (nSPS) is 12.3. The number of aromatic nitrogens is 1. The van der Waals surface area contributed by atoms with E-state index in [4.69, 9.17) is 14.5 Å². The third-order valence-electron chi connectivity index (χ3n) is 5.53. The van der Waals surface area contributed by atoms with E-state index in [2.05, 4.69) is 6.92 Å². The number of halogens is 3. The Labute approximate surface area is 204 Å². The Morgan fingerprint density at radius 2 is 1.74 bits per heavy atom. The average Bonchev–Trinajstić information content (AvgIpc) is 2.83. The van der Waals surface area contributed by atoms with Gasteiger partial charge < -0.3 is 9.47 Å². The molecule has 0 N–H and O–H groups in total. The van der Waals surface area contributed by atoms with Gasteiger partial charge in [-0.15, -0.1) is 0 Å². The maximum atomic E-state index is 12.9. The molecule has 0 fully saturated rings. The van der Waals surface area contributed by atoms with Crippen LogP contribution in [0.2, 0.25) is 0 Å². The number of rotatable bonds is 10. The summed E-state index contributed by atoms with van der Waals surface area (Å²) in [5.74, 6) is 0.860. The second kappa shape index (κ2) is 11.9. The number of benzene rings is 2. The van der Waals surface area contributed by atoms with Crippen molar-refractivity contribution < 1.29 is 27.4 Å². The number of esters is 1. The predicted octanol–water partition coefficient (Wildman–Crippen LogP) is 8.09. The van der Waals surface area contributed by atoms with E-state index in [9.17, 15) is 18.0 Å². The van der Waals surface area contributed by atoms with Gasteiger partial charge in [0.2, 0.25) is 0 Å². The average molecular weight is 486 g/mol. The van der Waals surface area contributed by atoms with Gasteiger partial charge in [0.25, 0.3) is 0 Å². The van der Waals surface area contributed by atoms with E-state index < -0.39 is 11.7 Å². The van der Waals surface area contributed by atoms with Gasteiger partial charge in [-0.1, -0.05) is 38.5 Å². The van der Waals surface area contributed by atoms with Crippen LogP contribution in [0, 0.1) is 6.92 Å². The quantitative estimate of drug-likeness (QED) is 0.215. The summed E-state index contributed by atoms with van der Waals surface area (Å²) in [6.07, 6.45) is -1.01. The Balaban J connectivity index is 1.82. The molecule has 0 radical (unpaired) electrons. The van der Waals surface area contributed by atoms with Gasteiger partial charge in [-0.25, -0.2) is 4.98 Å². The van der Waals surface area contributed by atoms with Crippen molar-refractivity contribution in [3.05, 3.63) is 77.5 Å². The summed E-state index contributed by atoms with van der Waals surface area (Å²) in [5, 5.41) is 0. The molecule has 35 heavy (non-hydrogen) atoms. The fraction of sp³-hybridized carbons (Fsp3) is 0.357. The molecule has 7 heteroatoms. The molecule has 3 aromatic rings. The number of unbranched alkanes of at least 4 members (excludes halogenated alkanes) is 1. The zero-order valence-electron chi connectivity index (χ0n) is 20.2. The van der Waals surface area contributed by atoms with Crippen molar-refractivity contribution in [2.24, 2.45) is 0 Å².